The number of hydrogen-bond donors (Lipinski definition) is 3. The standard InChI is InChI=1S/C16H14BrN3O/c1-9(19-12-5-2-10(17)3-6-12)15-13-8-11(18)4-7-14(13)20-16(15)21/h2-8,19H,18H2,1H3,(H,20,21)/b15-9-. The van der Waals surface area contributed by atoms with Crippen LogP contribution in [-0.4, -0.2) is 5.91 Å². The summed E-state index contributed by atoms with van der Waals surface area (Å²) in [6.45, 7) is 1.88. The van der Waals surface area contributed by atoms with Crippen molar-refractivity contribution in [2.75, 3.05) is 16.4 Å². The summed E-state index contributed by atoms with van der Waals surface area (Å²) in [5, 5.41) is 6.11. The Balaban J connectivity index is 2.00. The van der Waals surface area contributed by atoms with Gasteiger partial charge >= 0.3 is 0 Å². The molecule has 3 rings (SSSR count). The normalized spacial score (nSPS) is 15.4. The first-order valence-electron chi connectivity index (χ1n) is 6.49. The summed E-state index contributed by atoms with van der Waals surface area (Å²) in [4.78, 5) is 12.2. The Kier molecular flexibility index (Phi) is 3.43. The largest absolute Gasteiger partial charge is 0.399 e. The Labute approximate surface area is 131 Å². The van der Waals surface area contributed by atoms with E-state index in [1.807, 2.05) is 43.3 Å². The summed E-state index contributed by atoms with van der Waals surface area (Å²) in [5.74, 6) is -0.113. The fourth-order valence-electron chi connectivity index (χ4n) is 2.37. The lowest BCUT2D eigenvalue weighted by Crippen LogP contribution is -2.08. The van der Waals surface area contributed by atoms with Gasteiger partial charge in [-0.05, 0) is 49.4 Å². The molecule has 0 fully saturated rings. The Morgan fingerprint density at radius 3 is 2.62 bits per heavy atom. The molecule has 0 saturated heterocycles. The number of amides is 1. The highest BCUT2D eigenvalue weighted by Gasteiger charge is 2.26. The van der Waals surface area contributed by atoms with E-state index in [1.54, 1.807) is 6.07 Å². The molecular formula is C16H14BrN3O. The minimum Gasteiger partial charge on any atom is -0.399 e. The van der Waals surface area contributed by atoms with Crippen LogP contribution in [0.3, 0.4) is 0 Å². The number of hydrogen-bond acceptors (Lipinski definition) is 3. The van der Waals surface area contributed by atoms with Crippen molar-refractivity contribution in [3.63, 3.8) is 0 Å². The number of carbonyl (C=O) groups is 1. The van der Waals surface area contributed by atoms with Crippen LogP contribution in [0.2, 0.25) is 0 Å². The van der Waals surface area contributed by atoms with Gasteiger partial charge in [0.15, 0.2) is 0 Å². The highest BCUT2D eigenvalue weighted by Crippen LogP contribution is 2.35. The first-order chi connectivity index (χ1) is 10.0. The van der Waals surface area contributed by atoms with Crippen molar-refractivity contribution in [2.45, 2.75) is 6.92 Å². The van der Waals surface area contributed by atoms with Gasteiger partial charge < -0.3 is 16.4 Å². The number of halogens is 1. The number of rotatable bonds is 2. The highest BCUT2D eigenvalue weighted by molar-refractivity contribution is 9.10. The number of nitrogens with one attached hydrogen (secondary N) is 2. The van der Waals surface area contributed by atoms with Crippen molar-refractivity contribution in [3.8, 4) is 0 Å². The van der Waals surface area contributed by atoms with E-state index in [0.29, 0.717) is 11.3 Å². The second-order valence-corrected chi connectivity index (χ2v) is 5.81. The number of anilines is 3. The third-order valence-corrected chi connectivity index (χ3v) is 3.87. The lowest BCUT2D eigenvalue weighted by molar-refractivity contribution is -0.110. The van der Waals surface area contributed by atoms with Crippen LogP contribution in [0.25, 0.3) is 5.57 Å². The molecule has 4 nitrogen and oxygen atoms in total. The molecular weight excluding hydrogens is 330 g/mol. The van der Waals surface area contributed by atoms with E-state index in [0.717, 1.165) is 27.1 Å². The van der Waals surface area contributed by atoms with E-state index in [4.69, 9.17) is 5.73 Å². The quantitative estimate of drug-likeness (QED) is 0.573. The van der Waals surface area contributed by atoms with Crippen LogP contribution in [-0.2, 0) is 4.79 Å². The Morgan fingerprint density at radius 1 is 1.19 bits per heavy atom. The van der Waals surface area contributed by atoms with Crippen LogP contribution >= 0.6 is 15.9 Å². The first kappa shape index (κ1) is 13.7. The van der Waals surface area contributed by atoms with Crippen molar-refractivity contribution in [3.05, 3.63) is 58.2 Å². The molecule has 1 amide bonds. The third kappa shape index (κ3) is 2.64. The smallest absolute Gasteiger partial charge is 0.258 e. The predicted molar refractivity (Wildman–Crippen MR) is 89.8 cm³/mol. The molecule has 1 heterocycles. The molecule has 0 aliphatic carbocycles. The van der Waals surface area contributed by atoms with Gasteiger partial charge in [-0.15, -0.1) is 0 Å². The molecule has 0 radical (unpaired) electrons. The number of allylic oxidation sites excluding steroid dienone is 1. The molecule has 21 heavy (non-hydrogen) atoms. The number of nitrogen functional groups attached to an aromatic ring is 1. The van der Waals surface area contributed by atoms with Crippen molar-refractivity contribution in [1.82, 2.24) is 0 Å². The number of fused-ring (bicyclic) bond motifs is 1. The molecule has 2 aromatic carbocycles. The van der Waals surface area contributed by atoms with Gasteiger partial charge in [0.2, 0.25) is 0 Å². The second kappa shape index (κ2) is 5.26. The van der Waals surface area contributed by atoms with Crippen LogP contribution in [0.1, 0.15) is 12.5 Å². The highest BCUT2D eigenvalue weighted by atomic mass is 79.9. The summed E-state index contributed by atoms with van der Waals surface area (Å²) >= 11 is 3.40. The molecule has 0 saturated carbocycles. The minimum atomic E-state index is -0.113. The number of nitrogens with two attached hydrogens (primary N) is 1. The lowest BCUT2D eigenvalue weighted by Gasteiger charge is -2.10. The minimum absolute atomic E-state index is 0.113. The van der Waals surface area contributed by atoms with Crippen LogP contribution < -0.4 is 16.4 Å². The monoisotopic (exact) mass is 343 g/mol. The molecule has 2 aromatic rings. The molecule has 1 aliphatic rings. The number of carbonyl (C=O) groups excluding carboxylic acids is 1. The van der Waals surface area contributed by atoms with Gasteiger partial charge in [-0.25, -0.2) is 0 Å². The van der Waals surface area contributed by atoms with E-state index in [1.165, 1.54) is 0 Å². The zero-order valence-electron chi connectivity index (χ0n) is 11.4. The first-order valence-corrected chi connectivity index (χ1v) is 7.28. The van der Waals surface area contributed by atoms with E-state index in [2.05, 4.69) is 26.6 Å². The topological polar surface area (TPSA) is 67.2 Å². The average Bonchev–Trinajstić information content (AvgIpc) is 2.76. The molecule has 0 spiro atoms. The molecule has 4 N–H and O–H groups in total. The van der Waals surface area contributed by atoms with Gasteiger partial charge in [-0.1, -0.05) is 15.9 Å². The predicted octanol–water partition coefficient (Wildman–Crippen LogP) is 3.83. The van der Waals surface area contributed by atoms with Crippen LogP contribution in [0, 0.1) is 0 Å². The fourth-order valence-corrected chi connectivity index (χ4v) is 2.63. The van der Waals surface area contributed by atoms with Gasteiger partial charge in [0.1, 0.15) is 0 Å². The molecule has 0 unspecified atom stereocenters. The van der Waals surface area contributed by atoms with Crippen molar-refractivity contribution >= 4 is 44.5 Å². The summed E-state index contributed by atoms with van der Waals surface area (Å²) in [6.07, 6.45) is 0. The average molecular weight is 344 g/mol. The Hall–Kier alpha value is -2.27. The van der Waals surface area contributed by atoms with E-state index >= 15 is 0 Å². The second-order valence-electron chi connectivity index (χ2n) is 4.89. The van der Waals surface area contributed by atoms with Crippen LogP contribution in [0.5, 0.6) is 0 Å². The van der Waals surface area contributed by atoms with E-state index < -0.39 is 0 Å². The summed E-state index contributed by atoms with van der Waals surface area (Å²) < 4.78 is 1.01. The van der Waals surface area contributed by atoms with Gasteiger partial charge in [0, 0.05) is 32.8 Å². The van der Waals surface area contributed by atoms with Gasteiger partial charge in [-0.3, -0.25) is 4.79 Å². The third-order valence-electron chi connectivity index (χ3n) is 3.34. The molecule has 0 atom stereocenters. The van der Waals surface area contributed by atoms with Crippen molar-refractivity contribution in [1.29, 1.82) is 0 Å². The summed E-state index contributed by atoms with van der Waals surface area (Å²) in [7, 11) is 0. The fraction of sp³-hybridized carbons (Fsp3) is 0.0625. The van der Waals surface area contributed by atoms with Gasteiger partial charge in [-0.2, -0.15) is 0 Å². The van der Waals surface area contributed by atoms with Crippen molar-refractivity contribution in [2.24, 2.45) is 0 Å². The van der Waals surface area contributed by atoms with Gasteiger partial charge in [0.05, 0.1) is 5.57 Å². The molecule has 106 valence electrons. The SMILES string of the molecule is C/C(Nc1ccc(Br)cc1)=C1/C(=O)Nc2ccc(N)cc21. The zero-order valence-corrected chi connectivity index (χ0v) is 13.0. The van der Waals surface area contributed by atoms with Gasteiger partial charge in [0.25, 0.3) is 5.91 Å². The Bertz CT molecular complexity index is 751. The van der Waals surface area contributed by atoms with E-state index in [-0.39, 0.29) is 5.91 Å². The lowest BCUT2D eigenvalue weighted by atomic mass is 10.0. The zero-order chi connectivity index (χ0) is 15.0. The molecule has 5 heteroatoms. The maximum Gasteiger partial charge on any atom is 0.258 e. The Morgan fingerprint density at radius 2 is 1.90 bits per heavy atom. The van der Waals surface area contributed by atoms with Crippen LogP contribution in [0.15, 0.2) is 52.6 Å². The molecule has 0 bridgehead atoms. The van der Waals surface area contributed by atoms with Crippen LogP contribution in [0.4, 0.5) is 17.1 Å². The summed E-state index contributed by atoms with van der Waals surface area (Å²) in [6, 6.07) is 13.2. The molecule has 1 aliphatic heterocycles. The maximum absolute atomic E-state index is 12.2. The maximum atomic E-state index is 12.2. The van der Waals surface area contributed by atoms with E-state index in [9.17, 15) is 4.79 Å². The summed E-state index contributed by atoms with van der Waals surface area (Å²) in [5.41, 5.74) is 10.4. The number of benzene rings is 2. The molecule has 0 aromatic heterocycles. The van der Waals surface area contributed by atoms with Crippen molar-refractivity contribution < 1.29 is 4.79 Å².